The van der Waals surface area contributed by atoms with Gasteiger partial charge in [-0.3, -0.25) is 14.4 Å². The van der Waals surface area contributed by atoms with Crippen molar-refractivity contribution in [2.45, 2.75) is 40.4 Å². The molecule has 0 saturated carbocycles. The number of aromatic nitrogens is 3. The Morgan fingerprint density at radius 3 is 1.37 bits per heavy atom. The van der Waals surface area contributed by atoms with Crippen molar-refractivity contribution in [3.05, 3.63) is 234 Å². The molecule has 3 aromatic heterocycles. The first-order valence-corrected chi connectivity index (χ1v) is 20.1. The molecule has 60 heavy (non-hydrogen) atoms. The molecule has 9 aromatic rings. The molecule has 0 unspecified atom stereocenters. The maximum Gasteiger partial charge on any atom is 0.223 e. The van der Waals surface area contributed by atoms with Crippen LogP contribution in [-0.2, 0) is 19.6 Å². The summed E-state index contributed by atoms with van der Waals surface area (Å²) in [5.74, 6) is 0.302. The monoisotopic (exact) mass is 786 g/mol. The van der Waals surface area contributed by atoms with Gasteiger partial charge in [-0.2, -0.15) is 13.7 Å². The minimum atomic E-state index is 0.0991. The maximum atomic E-state index is 11.9. The summed E-state index contributed by atoms with van der Waals surface area (Å²) in [7, 11) is 0. The van der Waals surface area contributed by atoms with E-state index in [0.717, 1.165) is 69.0 Å². The average Bonchev–Trinajstić information content (AvgIpc) is 3.27. The average molecular weight is 787 g/mol. The number of hydrogen-bond donors (Lipinski definition) is 0. The van der Waals surface area contributed by atoms with E-state index in [-0.39, 0.29) is 17.3 Å². The zero-order valence-corrected chi connectivity index (χ0v) is 34.2. The fourth-order valence-electron chi connectivity index (χ4n) is 7.36. The fraction of sp³-hybridized carbons (Fsp3) is 0.111. The number of carbonyl (C=O) groups is 3. The van der Waals surface area contributed by atoms with Crippen LogP contribution in [0.1, 0.15) is 68.5 Å². The summed E-state index contributed by atoms with van der Waals surface area (Å²) in [6.45, 7) is 7.22. The highest BCUT2D eigenvalue weighted by atomic mass is 16.1. The molecule has 0 aliphatic rings. The zero-order valence-electron chi connectivity index (χ0n) is 34.2. The second kappa shape index (κ2) is 19.3. The molecule has 0 aliphatic carbocycles. The third kappa shape index (κ3) is 10.2. The van der Waals surface area contributed by atoms with Crippen LogP contribution in [0.2, 0.25) is 0 Å². The molecule has 0 atom stereocenters. The van der Waals surface area contributed by atoms with E-state index in [0.29, 0.717) is 0 Å². The van der Waals surface area contributed by atoms with Crippen LogP contribution in [0.4, 0.5) is 0 Å². The number of nitrogens with zero attached hydrogens (tertiary/aromatic N) is 3. The summed E-state index contributed by atoms with van der Waals surface area (Å²) < 4.78 is 6.52. The van der Waals surface area contributed by atoms with E-state index in [1.807, 2.05) is 134 Å². The van der Waals surface area contributed by atoms with Crippen LogP contribution in [0.15, 0.2) is 201 Å². The number of pyridine rings is 3. The Morgan fingerprint density at radius 1 is 0.367 bits per heavy atom. The molecular weight excluding hydrogens is 739 g/mol. The smallest absolute Gasteiger partial charge is 0.223 e. The topological polar surface area (TPSA) is 62.9 Å². The Bertz CT molecular complexity index is 2920. The minimum Gasteiger partial charge on any atom is -0.295 e. The second-order valence-electron chi connectivity index (χ2n) is 14.8. The van der Waals surface area contributed by atoms with Crippen LogP contribution in [0, 0.1) is 0 Å². The molecule has 0 fully saturated rings. The molecule has 0 radical (unpaired) electrons. The quantitative estimate of drug-likeness (QED) is 0.108. The molecule has 9 rings (SSSR count). The molecule has 0 amide bonds. The number of hydrogen-bond acceptors (Lipinski definition) is 3. The van der Waals surface area contributed by atoms with Gasteiger partial charge in [0.2, 0.25) is 16.6 Å². The summed E-state index contributed by atoms with van der Waals surface area (Å²) in [5, 5.41) is 3.33. The standard InChI is InChI=1S/3C18H16NO/c1-14(20)17-11-5-9-16-10-6-12-19(18(16)17)13-15-7-3-2-4-8-15;1-14(20)16-9-10-18-17(12-16)8-5-11-19(18)13-15-6-3-2-4-7-15;1-14(20)17-10-9-16-8-5-11-19(18(16)12-17)13-15-6-3-2-4-7-15/h3*2-12H,13H2,1H3/q3*+1. The van der Waals surface area contributed by atoms with Crippen molar-refractivity contribution in [2.75, 3.05) is 0 Å². The molecule has 0 bridgehead atoms. The Morgan fingerprint density at radius 2 is 0.817 bits per heavy atom. The SMILES string of the molecule is CC(=O)c1ccc2c(ccc[n+]2Cc2ccccc2)c1.CC(=O)c1ccc2ccc[n+](Cc3ccccc3)c2c1.CC(=O)c1cccc2ccc[n+](Cc3ccccc3)c12. The van der Waals surface area contributed by atoms with E-state index in [1.165, 1.54) is 16.7 Å². The van der Waals surface area contributed by atoms with Gasteiger partial charge >= 0.3 is 0 Å². The predicted octanol–water partition coefficient (Wildman–Crippen LogP) is 10.1. The predicted molar refractivity (Wildman–Crippen MR) is 239 cm³/mol. The highest BCUT2D eigenvalue weighted by Crippen LogP contribution is 2.17. The lowest BCUT2D eigenvalue weighted by Crippen LogP contribution is -2.35. The van der Waals surface area contributed by atoms with Gasteiger partial charge in [-0.1, -0.05) is 103 Å². The highest BCUT2D eigenvalue weighted by Gasteiger charge is 2.17. The zero-order chi connectivity index (χ0) is 41.8. The summed E-state index contributed by atoms with van der Waals surface area (Å²) >= 11 is 0. The van der Waals surface area contributed by atoms with Crippen molar-refractivity contribution in [3.63, 3.8) is 0 Å². The van der Waals surface area contributed by atoms with Gasteiger partial charge in [-0.05, 0) is 69.3 Å². The number of benzene rings is 6. The lowest BCUT2D eigenvalue weighted by molar-refractivity contribution is -0.662. The van der Waals surface area contributed by atoms with Crippen molar-refractivity contribution < 1.29 is 28.1 Å². The minimum absolute atomic E-state index is 0.0991. The van der Waals surface area contributed by atoms with Gasteiger partial charge in [0.05, 0.1) is 5.56 Å². The van der Waals surface area contributed by atoms with Gasteiger partial charge in [0.1, 0.15) is 0 Å². The number of carbonyl (C=O) groups excluding carboxylic acids is 3. The van der Waals surface area contributed by atoms with E-state index in [2.05, 4.69) is 80.7 Å². The molecule has 0 aliphatic heterocycles. The molecule has 6 aromatic carbocycles. The van der Waals surface area contributed by atoms with E-state index < -0.39 is 0 Å². The van der Waals surface area contributed by atoms with Crippen molar-refractivity contribution in [1.29, 1.82) is 0 Å². The molecule has 6 nitrogen and oxygen atoms in total. The fourth-order valence-corrected chi connectivity index (χ4v) is 7.36. The summed E-state index contributed by atoms with van der Waals surface area (Å²) in [6, 6.07) is 60.8. The molecular formula is C54H48N3O3+3. The lowest BCUT2D eigenvalue weighted by atomic mass is 10.1. The Hall–Kier alpha value is -7.44. The Kier molecular flexibility index (Phi) is 13.1. The summed E-state index contributed by atoms with van der Waals surface area (Å²) in [5.41, 5.74) is 9.26. The largest absolute Gasteiger partial charge is 0.295 e. The van der Waals surface area contributed by atoms with Crippen LogP contribution in [0.5, 0.6) is 0 Å². The number of fused-ring (bicyclic) bond motifs is 3. The molecule has 0 spiro atoms. The van der Waals surface area contributed by atoms with E-state index in [4.69, 9.17) is 0 Å². The Labute approximate surface area is 351 Å². The van der Waals surface area contributed by atoms with Crippen LogP contribution in [0.25, 0.3) is 32.7 Å². The lowest BCUT2D eigenvalue weighted by Gasteiger charge is -2.05. The first kappa shape index (κ1) is 40.7. The third-order valence-corrected chi connectivity index (χ3v) is 10.4. The molecule has 3 heterocycles. The van der Waals surface area contributed by atoms with Gasteiger partial charge < -0.3 is 0 Å². The molecule has 0 saturated heterocycles. The second-order valence-corrected chi connectivity index (χ2v) is 14.8. The van der Waals surface area contributed by atoms with Gasteiger partial charge in [0.25, 0.3) is 0 Å². The highest BCUT2D eigenvalue weighted by molar-refractivity contribution is 6.04. The van der Waals surface area contributed by atoms with Crippen molar-refractivity contribution in [2.24, 2.45) is 0 Å². The van der Waals surface area contributed by atoms with Crippen molar-refractivity contribution in [1.82, 2.24) is 0 Å². The first-order valence-electron chi connectivity index (χ1n) is 20.1. The van der Waals surface area contributed by atoms with Gasteiger partial charge in [0, 0.05) is 74.3 Å². The van der Waals surface area contributed by atoms with Crippen LogP contribution in [-0.4, -0.2) is 17.3 Å². The number of rotatable bonds is 9. The normalized spacial score (nSPS) is 10.7. The van der Waals surface area contributed by atoms with Crippen molar-refractivity contribution >= 4 is 50.1 Å². The van der Waals surface area contributed by atoms with E-state index >= 15 is 0 Å². The number of Topliss-reactive ketones (excluding diaryl/α,β-unsaturated/α-hetero) is 3. The Balaban J connectivity index is 0.000000136. The van der Waals surface area contributed by atoms with Gasteiger partial charge in [-0.15, -0.1) is 0 Å². The third-order valence-electron chi connectivity index (χ3n) is 10.4. The van der Waals surface area contributed by atoms with Crippen molar-refractivity contribution in [3.8, 4) is 0 Å². The number of para-hydroxylation sites is 1. The molecule has 0 N–H and O–H groups in total. The van der Waals surface area contributed by atoms with E-state index in [9.17, 15) is 14.4 Å². The van der Waals surface area contributed by atoms with Crippen LogP contribution < -0.4 is 13.7 Å². The van der Waals surface area contributed by atoms with Gasteiger partial charge in [-0.25, -0.2) is 0 Å². The molecule has 6 heteroatoms. The van der Waals surface area contributed by atoms with Crippen LogP contribution >= 0.6 is 0 Å². The summed E-state index contributed by atoms with van der Waals surface area (Å²) in [4.78, 5) is 34.9. The van der Waals surface area contributed by atoms with Gasteiger partial charge in [0.15, 0.2) is 55.6 Å². The maximum absolute atomic E-state index is 11.9. The number of ketones is 3. The van der Waals surface area contributed by atoms with Crippen LogP contribution in [0.3, 0.4) is 0 Å². The summed E-state index contributed by atoms with van der Waals surface area (Å²) in [6.07, 6.45) is 6.16. The van der Waals surface area contributed by atoms with E-state index in [1.54, 1.807) is 20.8 Å². The molecule has 294 valence electrons. The first-order chi connectivity index (χ1) is 29.2.